The van der Waals surface area contributed by atoms with Crippen molar-refractivity contribution in [1.82, 2.24) is 10.3 Å². The monoisotopic (exact) mass is 368 g/mol. The van der Waals surface area contributed by atoms with Crippen LogP contribution in [0.2, 0.25) is 0 Å². The Morgan fingerprint density at radius 1 is 1.31 bits per heavy atom. The maximum absolute atomic E-state index is 12.8. The van der Waals surface area contributed by atoms with Crippen molar-refractivity contribution in [2.45, 2.75) is 33.2 Å². The minimum Gasteiger partial charge on any atom is -0.493 e. The zero-order valence-electron chi connectivity index (χ0n) is 15.0. The molecule has 6 heteroatoms. The summed E-state index contributed by atoms with van der Waals surface area (Å²) in [5, 5.41) is 5.06. The molecule has 134 valence electrons. The van der Waals surface area contributed by atoms with Crippen LogP contribution in [0.15, 0.2) is 34.1 Å². The van der Waals surface area contributed by atoms with Gasteiger partial charge in [-0.15, -0.1) is 11.3 Å². The number of carbonyl (C=O) groups is 1. The number of hydrogen-bond acceptors (Lipinski definition) is 5. The molecule has 0 bridgehead atoms. The molecule has 0 radical (unpaired) electrons. The normalized spacial score (nSPS) is 16.0. The Morgan fingerprint density at radius 2 is 2.15 bits per heavy atom. The van der Waals surface area contributed by atoms with E-state index >= 15 is 0 Å². The first-order valence-corrected chi connectivity index (χ1v) is 9.47. The van der Waals surface area contributed by atoms with E-state index in [1.165, 1.54) is 11.3 Å². The summed E-state index contributed by atoms with van der Waals surface area (Å²) >= 11 is 1.53. The lowest BCUT2D eigenvalue weighted by molar-refractivity contribution is 0.0918. The Labute approximate surface area is 156 Å². The molecule has 1 aromatic carbocycles. The Balaban J connectivity index is 1.61. The summed E-state index contributed by atoms with van der Waals surface area (Å²) in [4.78, 5) is 18.1. The molecule has 3 aromatic rings. The zero-order chi connectivity index (χ0) is 18.3. The van der Waals surface area contributed by atoms with E-state index in [-0.39, 0.29) is 11.9 Å². The summed E-state index contributed by atoms with van der Waals surface area (Å²) in [6.45, 7) is 6.44. The first-order valence-electron chi connectivity index (χ1n) is 8.59. The maximum atomic E-state index is 12.8. The number of aryl methyl sites for hydroxylation is 3. The van der Waals surface area contributed by atoms with Gasteiger partial charge in [0.25, 0.3) is 5.91 Å². The number of nitrogens with zero attached hydrogens (tertiary/aromatic N) is 1. The van der Waals surface area contributed by atoms with E-state index in [2.05, 4.69) is 29.4 Å². The highest BCUT2D eigenvalue weighted by Gasteiger charge is 2.27. The van der Waals surface area contributed by atoms with Crippen molar-refractivity contribution in [2.24, 2.45) is 0 Å². The van der Waals surface area contributed by atoms with Gasteiger partial charge < -0.3 is 14.5 Å². The second-order valence-corrected chi connectivity index (χ2v) is 7.51. The van der Waals surface area contributed by atoms with Crippen LogP contribution in [0.1, 0.15) is 45.4 Å². The molecule has 0 saturated carbocycles. The first-order chi connectivity index (χ1) is 12.5. The summed E-state index contributed by atoms with van der Waals surface area (Å²) in [6, 6.07) is 7.95. The van der Waals surface area contributed by atoms with E-state index in [0.717, 1.165) is 33.7 Å². The highest BCUT2D eigenvalue weighted by atomic mass is 32.1. The summed E-state index contributed by atoms with van der Waals surface area (Å²) in [7, 11) is 0. The van der Waals surface area contributed by atoms with E-state index in [1.807, 2.05) is 24.4 Å². The average Bonchev–Trinajstić information content (AvgIpc) is 3.25. The highest BCUT2D eigenvalue weighted by Crippen LogP contribution is 2.36. The van der Waals surface area contributed by atoms with Crippen molar-refractivity contribution in [3.05, 3.63) is 57.8 Å². The van der Waals surface area contributed by atoms with Crippen LogP contribution in [0.4, 0.5) is 0 Å². The smallest absolute Gasteiger partial charge is 0.274 e. The molecule has 0 saturated heterocycles. The lowest BCUT2D eigenvalue weighted by Crippen LogP contribution is -2.33. The molecular formula is C20H20N2O3S. The van der Waals surface area contributed by atoms with Gasteiger partial charge >= 0.3 is 0 Å². The van der Waals surface area contributed by atoms with Crippen LogP contribution in [-0.2, 0) is 0 Å². The maximum Gasteiger partial charge on any atom is 0.274 e. The molecule has 4 rings (SSSR count). The lowest BCUT2D eigenvalue weighted by atomic mass is 9.95. The van der Waals surface area contributed by atoms with Crippen LogP contribution >= 0.6 is 11.3 Å². The van der Waals surface area contributed by atoms with Crippen molar-refractivity contribution >= 4 is 17.2 Å². The summed E-state index contributed by atoms with van der Waals surface area (Å²) < 4.78 is 11.5. The topological polar surface area (TPSA) is 64.4 Å². The molecule has 2 aromatic heterocycles. The van der Waals surface area contributed by atoms with Crippen molar-refractivity contribution in [2.75, 3.05) is 6.61 Å². The lowest BCUT2D eigenvalue weighted by Gasteiger charge is -2.28. The van der Waals surface area contributed by atoms with Gasteiger partial charge in [-0.25, -0.2) is 4.98 Å². The van der Waals surface area contributed by atoms with Gasteiger partial charge in [0.2, 0.25) is 5.89 Å². The van der Waals surface area contributed by atoms with Crippen molar-refractivity contribution in [3.63, 3.8) is 0 Å². The van der Waals surface area contributed by atoms with E-state index in [0.29, 0.717) is 24.0 Å². The number of thiophene rings is 1. The predicted molar refractivity (Wildman–Crippen MR) is 101 cm³/mol. The average molecular weight is 368 g/mol. The molecular weight excluding hydrogens is 348 g/mol. The summed E-state index contributed by atoms with van der Waals surface area (Å²) in [6.07, 6.45) is 0.732. The molecule has 26 heavy (non-hydrogen) atoms. The molecule has 5 nitrogen and oxygen atoms in total. The second-order valence-electron chi connectivity index (χ2n) is 6.56. The van der Waals surface area contributed by atoms with Gasteiger partial charge in [-0.3, -0.25) is 4.79 Å². The summed E-state index contributed by atoms with van der Waals surface area (Å²) in [5.74, 6) is 1.68. The number of aromatic nitrogens is 1. The van der Waals surface area contributed by atoms with Gasteiger partial charge in [-0.1, -0.05) is 23.8 Å². The fourth-order valence-corrected chi connectivity index (χ4v) is 4.02. The Bertz CT molecular complexity index is 960. The standard InChI is InChI=1S/C20H20N2O3S/c1-11-9-12(2)18-14(10-11)15(6-7-24-18)21-19(23)17-13(3)25-20(22-17)16-5-4-8-26-16/h4-5,8-10,15H,6-7H2,1-3H3,(H,21,23). The highest BCUT2D eigenvalue weighted by molar-refractivity contribution is 7.13. The van der Waals surface area contributed by atoms with E-state index in [4.69, 9.17) is 9.15 Å². The number of hydrogen-bond donors (Lipinski definition) is 1. The number of oxazole rings is 1. The van der Waals surface area contributed by atoms with Crippen LogP contribution in [0, 0.1) is 20.8 Å². The Morgan fingerprint density at radius 3 is 2.92 bits per heavy atom. The molecule has 0 fully saturated rings. The van der Waals surface area contributed by atoms with Gasteiger partial charge in [-0.05, 0) is 37.8 Å². The van der Waals surface area contributed by atoms with Crippen LogP contribution < -0.4 is 10.1 Å². The third-order valence-electron chi connectivity index (χ3n) is 4.52. The number of carbonyl (C=O) groups excluding carboxylic acids is 1. The molecule has 3 heterocycles. The number of rotatable bonds is 3. The van der Waals surface area contributed by atoms with Crippen molar-refractivity contribution in [3.8, 4) is 16.5 Å². The van der Waals surface area contributed by atoms with Crippen molar-refractivity contribution in [1.29, 1.82) is 0 Å². The van der Waals surface area contributed by atoms with Gasteiger partial charge in [0.05, 0.1) is 17.5 Å². The van der Waals surface area contributed by atoms with E-state index in [9.17, 15) is 4.79 Å². The third kappa shape index (κ3) is 3.01. The summed E-state index contributed by atoms with van der Waals surface area (Å²) in [5.41, 5.74) is 3.62. The minimum absolute atomic E-state index is 0.0915. The number of fused-ring (bicyclic) bond motifs is 1. The molecule has 0 aliphatic carbocycles. The fourth-order valence-electron chi connectivity index (χ4n) is 3.37. The van der Waals surface area contributed by atoms with Crippen molar-refractivity contribution < 1.29 is 13.9 Å². The van der Waals surface area contributed by atoms with Crippen LogP contribution in [0.5, 0.6) is 5.75 Å². The largest absolute Gasteiger partial charge is 0.493 e. The fraction of sp³-hybridized carbons (Fsp3) is 0.300. The van der Waals surface area contributed by atoms with E-state index in [1.54, 1.807) is 6.92 Å². The molecule has 1 amide bonds. The number of nitrogens with one attached hydrogen (secondary N) is 1. The first kappa shape index (κ1) is 16.8. The number of amides is 1. The molecule has 1 unspecified atom stereocenters. The van der Waals surface area contributed by atoms with Crippen LogP contribution in [0.3, 0.4) is 0 Å². The molecule has 1 aliphatic rings. The predicted octanol–water partition coefficient (Wildman–Crippen LogP) is 4.58. The van der Waals surface area contributed by atoms with Crippen LogP contribution in [0.25, 0.3) is 10.8 Å². The van der Waals surface area contributed by atoms with Gasteiger partial charge in [0.15, 0.2) is 5.69 Å². The Hall–Kier alpha value is -2.60. The van der Waals surface area contributed by atoms with Crippen LogP contribution in [-0.4, -0.2) is 17.5 Å². The van der Waals surface area contributed by atoms with E-state index < -0.39 is 0 Å². The zero-order valence-corrected chi connectivity index (χ0v) is 15.8. The van der Waals surface area contributed by atoms with Gasteiger partial charge in [0, 0.05) is 12.0 Å². The Kier molecular flexibility index (Phi) is 4.28. The molecule has 1 aliphatic heterocycles. The minimum atomic E-state index is -0.217. The van der Waals surface area contributed by atoms with Gasteiger partial charge in [-0.2, -0.15) is 0 Å². The second kappa shape index (κ2) is 6.61. The SMILES string of the molecule is Cc1cc(C)c2c(c1)C(NC(=O)c1nc(-c3cccs3)oc1C)CCO2. The molecule has 1 N–H and O–H groups in total. The number of benzene rings is 1. The third-order valence-corrected chi connectivity index (χ3v) is 5.38. The quantitative estimate of drug-likeness (QED) is 0.735. The molecule has 0 spiro atoms. The van der Waals surface area contributed by atoms with Gasteiger partial charge in [0.1, 0.15) is 11.5 Å². The number of ether oxygens (including phenoxy) is 1. The molecule has 1 atom stereocenters.